The van der Waals surface area contributed by atoms with E-state index in [0.29, 0.717) is 16.4 Å². The number of anilines is 1. The van der Waals surface area contributed by atoms with Gasteiger partial charge in [-0.2, -0.15) is 0 Å². The molecular weight excluding hydrogens is 321 g/mol. The van der Waals surface area contributed by atoms with Crippen LogP contribution in [0.15, 0.2) is 45.7 Å². The first-order chi connectivity index (χ1) is 10.5. The number of benzene rings is 1. The molecule has 2 aromatic rings. The molecule has 0 fully saturated rings. The van der Waals surface area contributed by atoms with Gasteiger partial charge in [0.2, 0.25) is 6.41 Å². The van der Waals surface area contributed by atoms with Crippen LogP contribution in [-0.4, -0.2) is 10.7 Å². The van der Waals surface area contributed by atoms with Crippen LogP contribution in [0.25, 0.3) is 6.08 Å². The summed E-state index contributed by atoms with van der Waals surface area (Å²) in [6.45, 7) is 3.75. The normalized spacial score (nSPS) is 11.3. The summed E-state index contributed by atoms with van der Waals surface area (Å²) in [5.41, 5.74) is 0.524. The molecule has 0 saturated heterocycles. The Hall–Kier alpha value is -1.92. The summed E-state index contributed by atoms with van der Waals surface area (Å²) in [5.74, 6) is 1.19. The molecule has 22 heavy (non-hydrogen) atoms. The molecule has 6 heteroatoms. The molecule has 3 nitrogen and oxygen atoms in total. The maximum atomic E-state index is 12.9. The minimum Gasteiger partial charge on any atom is -0.462 e. The lowest BCUT2D eigenvalue weighted by atomic mass is 10.3. The van der Waals surface area contributed by atoms with Crippen molar-refractivity contribution in [2.75, 3.05) is 4.90 Å². The molecule has 0 aliphatic carbocycles. The highest BCUT2D eigenvalue weighted by Crippen LogP contribution is 2.25. The quantitative estimate of drug-likeness (QED) is 0.595. The lowest BCUT2D eigenvalue weighted by Crippen LogP contribution is -2.25. The zero-order valence-electron chi connectivity index (χ0n) is 12.1. The van der Waals surface area contributed by atoms with Gasteiger partial charge in [-0.3, -0.25) is 9.69 Å². The third-order valence-electron chi connectivity index (χ3n) is 2.76. The van der Waals surface area contributed by atoms with E-state index in [1.54, 1.807) is 0 Å². The molecule has 0 aliphatic rings. The molecule has 0 N–H and O–H groups in total. The number of allylic oxidation sites excluding steroid dienone is 1. The minimum atomic E-state index is -0.363. The van der Waals surface area contributed by atoms with Gasteiger partial charge in [-0.15, -0.1) is 0 Å². The molecule has 114 valence electrons. The Balaban J connectivity index is 2.10. The Labute approximate surface area is 137 Å². The summed E-state index contributed by atoms with van der Waals surface area (Å²) in [6.07, 6.45) is 2.46. The van der Waals surface area contributed by atoms with Crippen LogP contribution in [-0.2, 0) is 4.79 Å². The van der Waals surface area contributed by atoms with Gasteiger partial charge in [0.25, 0.3) is 0 Å². The van der Waals surface area contributed by atoms with Crippen molar-refractivity contribution in [3.8, 4) is 0 Å². The maximum Gasteiger partial charge on any atom is 0.219 e. The van der Waals surface area contributed by atoms with Crippen molar-refractivity contribution in [2.45, 2.75) is 13.8 Å². The van der Waals surface area contributed by atoms with Gasteiger partial charge in [0.15, 0.2) is 4.32 Å². The van der Waals surface area contributed by atoms with Gasteiger partial charge in [-0.05, 0) is 61.2 Å². The van der Waals surface area contributed by atoms with Gasteiger partial charge in [0.1, 0.15) is 17.3 Å². The zero-order valence-corrected chi connectivity index (χ0v) is 13.7. The number of thioether (sulfide) groups is 1. The number of thiocarbonyl (C=S) groups is 1. The number of carbonyl (C=O) groups is 1. The number of halogens is 1. The number of hydrogen-bond donors (Lipinski definition) is 0. The number of amides is 1. The first kappa shape index (κ1) is 16.5. The van der Waals surface area contributed by atoms with E-state index in [0.717, 1.165) is 16.4 Å². The SMILES string of the molecule is C/C(=C\c1ccc(C)o1)SC(=S)N(C=O)c1ccc(F)cc1. The number of furan rings is 1. The molecule has 0 aliphatic heterocycles. The smallest absolute Gasteiger partial charge is 0.219 e. The Morgan fingerprint density at radius 2 is 1.95 bits per heavy atom. The molecule has 0 bridgehead atoms. The standard InChI is InChI=1S/C16H14FNO2S2/c1-11-3-8-15(20-11)9-12(2)22-16(21)18(10-19)14-6-4-13(17)5-7-14/h3-10H,1-2H3/b12-9+. The van der Waals surface area contributed by atoms with E-state index >= 15 is 0 Å². The molecule has 2 rings (SSSR count). The van der Waals surface area contributed by atoms with Gasteiger partial charge in [0, 0.05) is 0 Å². The van der Waals surface area contributed by atoms with Crippen LogP contribution in [0.2, 0.25) is 0 Å². The van der Waals surface area contributed by atoms with Gasteiger partial charge in [-0.1, -0.05) is 24.0 Å². The van der Waals surface area contributed by atoms with Gasteiger partial charge < -0.3 is 4.42 Å². The summed E-state index contributed by atoms with van der Waals surface area (Å²) >= 11 is 6.55. The fourth-order valence-electron chi connectivity index (χ4n) is 1.76. The van der Waals surface area contributed by atoms with Gasteiger partial charge in [0.05, 0.1) is 5.69 Å². The number of carbonyl (C=O) groups excluding carboxylic acids is 1. The molecule has 1 aromatic heterocycles. The van der Waals surface area contributed by atoms with Crippen molar-refractivity contribution < 1.29 is 13.6 Å². The molecule has 1 heterocycles. The number of rotatable bonds is 4. The summed E-state index contributed by atoms with van der Waals surface area (Å²) in [5, 5.41) is 0. The summed E-state index contributed by atoms with van der Waals surface area (Å²) in [7, 11) is 0. The van der Waals surface area contributed by atoms with E-state index in [1.807, 2.05) is 32.1 Å². The average Bonchev–Trinajstić information content (AvgIpc) is 2.86. The summed E-state index contributed by atoms with van der Waals surface area (Å²) in [6, 6.07) is 9.32. The summed E-state index contributed by atoms with van der Waals surface area (Å²) < 4.78 is 18.8. The second-order valence-corrected chi connectivity index (χ2v) is 6.40. The molecule has 0 radical (unpaired) electrons. The molecule has 0 spiro atoms. The third kappa shape index (κ3) is 4.29. The van der Waals surface area contributed by atoms with Gasteiger partial charge in [-0.25, -0.2) is 4.39 Å². The van der Waals surface area contributed by atoms with Crippen molar-refractivity contribution in [2.24, 2.45) is 0 Å². The first-order valence-corrected chi connectivity index (χ1v) is 7.68. The van der Waals surface area contributed by atoms with Crippen molar-refractivity contribution in [3.05, 3.63) is 58.6 Å². The molecule has 1 amide bonds. The van der Waals surface area contributed by atoms with Crippen LogP contribution < -0.4 is 4.90 Å². The lowest BCUT2D eigenvalue weighted by Gasteiger charge is -2.17. The highest BCUT2D eigenvalue weighted by molar-refractivity contribution is 8.26. The predicted molar refractivity (Wildman–Crippen MR) is 92.2 cm³/mol. The number of nitrogens with zero attached hydrogens (tertiary/aromatic N) is 1. The van der Waals surface area contributed by atoms with Crippen LogP contribution in [0.4, 0.5) is 10.1 Å². The largest absolute Gasteiger partial charge is 0.462 e. The Bertz CT molecular complexity index is 707. The van der Waals surface area contributed by atoms with E-state index in [2.05, 4.69) is 0 Å². The van der Waals surface area contributed by atoms with Crippen molar-refractivity contribution in [1.29, 1.82) is 0 Å². The van der Waals surface area contributed by atoms with E-state index in [-0.39, 0.29) is 5.82 Å². The highest BCUT2D eigenvalue weighted by atomic mass is 32.2. The second kappa shape index (κ2) is 7.38. The number of hydrogen-bond acceptors (Lipinski definition) is 4. The zero-order chi connectivity index (χ0) is 16.1. The minimum absolute atomic E-state index is 0.360. The third-order valence-corrected chi connectivity index (χ3v) is 4.02. The van der Waals surface area contributed by atoms with E-state index < -0.39 is 0 Å². The van der Waals surface area contributed by atoms with E-state index in [1.165, 1.54) is 40.9 Å². The van der Waals surface area contributed by atoms with E-state index in [9.17, 15) is 9.18 Å². The Kier molecular flexibility index (Phi) is 5.51. The van der Waals surface area contributed by atoms with Crippen LogP contribution >= 0.6 is 24.0 Å². The van der Waals surface area contributed by atoms with Crippen LogP contribution in [0.3, 0.4) is 0 Å². The van der Waals surface area contributed by atoms with Crippen LogP contribution in [0.1, 0.15) is 18.4 Å². The van der Waals surface area contributed by atoms with E-state index in [4.69, 9.17) is 16.6 Å². The Morgan fingerprint density at radius 1 is 1.27 bits per heavy atom. The number of aryl methyl sites for hydroxylation is 1. The van der Waals surface area contributed by atoms with Crippen molar-refractivity contribution in [1.82, 2.24) is 0 Å². The lowest BCUT2D eigenvalue weighted by molar-refractivity contribution is -0.106. The topological polar surface area (TPSA) is 33.5 Å². The molecular formula is C16H14FNO2S2. The van der Waals surface area contributed by atoms with Crippen molar-refractivity contribution >= 4 is 46.5 Å². The molecule has 0 unspecified atom stereocenters. The summed E-state index contributed by atoms with van der Waals surface area (Å²) in [4.78, 5) is 13.4. The second-order valence-electron chi connectivity index (χ2n) is 4.52. The molecule has 0 saturated carbocycles. The van der Waals surface area contributed by atoms with Crippen molar-refractivity contribution in [3.63, 3.8) is 0 Å². The first-order valence-electron chi connectivity index (χ1n) is 6.46. The molecule has 0 atom stereocenters. The predicted octanol–water partition coefficient (Wildman–Crippen LogP) is 4.77. The van der Waals surface area contributed by atoms with Gasteiger partial charge >= 0.3 is 0 Å². The Morgan fingerprint density at radius 3 is 2.50 bits per heavy atom. The highest BCUT2D eigenvalue weighted by Gasteiger charge is 2.13. The fraction of sp³-hybridized carbons (Fsp3) is 0.125. The van der Waals surface area contributed by atoms with Crippen LogP contribution in [0.5, 0.6) is 0 Å². The molecule has 1 aromatic carbocycles. The monoisotopic (exact) mass is 335 g/mol. The average molecular weight is 335 g/mol. The van der Waals surface area contributed by atoms with Crippen LogP contribution in [0, 0.1) is 12.7 Å². The maximum absolute atomic E-state index is 12.9. The fourth-order valence-corrected chi connectivity index (χ4v) is 3.00.